The quantitative estimate of drug-likeness (QED) is 0.585. The minimum Gasteiger partial charge on any atom is -0.327 e. The lowest BCUT2D eigenvalue weighted by molar-refractivity contribution is 0.213. The molecule has 0 aromatic carbocycles. The fraction of sp³-hybridized carbons (Fsp3) is 0.846. The van der Waals surface area contributed by atoms with Crippen LogP contribution in [0.3, 0.4) is 0 Å². The topological polar surface area (TPSA) is 26.0 Å². The zero-order valence-electron chi connectivity index (χ0n) is 8.97. The lowest BCUT2D eigenvalue weighted by Crippen LogP contribution is -2.45. The monoisotopic (exact) mass is 191 g/mol. The molecule has 0 saturated heterocycles. The van der Waals surface area contributed by atoms with Crippen molar-refractivity contribution in [2.75, 3.05) is 0 Å². The third-order valence-electron chi connectivity index (χ3n) is 4.68. The van der Waals surface area contributed by atoms with E-state index in [1.165, 1.54) is 51.4 Å². The largest absolute Gasteiger partial charge is 0.327 e. The lowest BCUT2D eigenvalue weighted by atomic mass is 9.63. The van der Waals surface area contributed by atoms with Gasteiger partial charge in [-0.25, -0.2) is 0 Å². The Labute approximate surface area is 86.8 Å². The van der Waals surface area contributed by atoms with Crippen LogP contribution in [0.5, 0.6) is 0 Å². The minimum atomic E-state index is 0.514. The van der Waals surface area contributed by atoms with Gasteiger partial charge in [-0.15, -0.1) is 0 Å². The first-order valence-corrected chi connectivity index (χ1v) is 6.32. The summed E-state index contributed by atoms with van der Waals surface area (Å²) in [5.74, 6) is 1.63. The smallest absolute Gasteiger partial charge is 0.0136 e. The first kappa shape index (κ1) is 8.96. The number of fused-ring (bicyclic) bond motifs is 3. The Morgan fingerprint density at radius 3 is 2.79 bits per heavy atom. The van der Waals surface area contributed by atoms with Gasteiger partial charge in [-0.1, -0.05) is 17.6 Å². The maximum absolute atomic E-state index is 6.36. The second-order valence-electron chi connectivity index (χ2n) is 5.41. The van der Waals surface area contributed by atoms with Crippen LogP contribution >= 0.6 is 0 Å². The first-order valence-electron chi connectivity index (χ1n) is 6.32. The van der Waals surface area contributed by atoms with E-state index < -0.39 is 0 Å². The standard InChI is InChI=1S/C13H21N/c14-13-10-5-3-7-12(13)11-6-2-1-4-9(11)8-10/h10,12-13H,1-8,14H2/t10-,12-,13+/m0/s1. The summed E-state index contributed by atoms with van der Waals surface area (Å²) < 4.78 is 0. The van der Waals surface area contributed by atoms with Crippen LogP contribution in [-0.2, 0) is 0 Å². The van der Waals surface area contributed by atoms with Crippen LogP contribution in [0.15, 0.2) is 11.1 Å². The molecule has 1 nitrogen and oxygen atoms in total. The van der Waals surface area contributed by atoms with Crippen molar-refractivity contribution in [2.45, 2.75) is 57.4 Å². The van der Waals surface area contributed by atoms with E-state index in [0.29, 0.717) is 6.04 Å². The maximum Gasteiger partial charge on any atom is 0.0136 e. The van der Waals surface area contributed by atoms with Crippen molar-refractivity contribution in [2.24, 2.45) is 17.6 Å². The van der Waals surface area contributed by atoms with Crippen LogP contribution in [0, 0.1) is 11.8 Å². The van der Waals surface area contributed by atoms with E-state index in [-0.39, 0.29) is 0 Å². The predicted molar refractivity (Wildman–Crippen MR) is 58.9 cm³/mol. The van der Waals surface area contributed by atoms with Crippen molar-refractivity contribution >= 4 is 0 Å². The van der Waals surface area contributed by atoms with Crippen LogP contribution in [0.2, 0.25) is 0 Å². The molecule has 3 aliphatic carbocycles. The SMILES string of the molecule is N[C@@H]1[C@H]2CCC[C@H]1C1=C(CCCC1)C2. The molecule has 2 N–H and O–H groups in total. The van der Waals surface area contributed by atoms with E-state index in [1.807, 2.05) is 5.57 Å². The van der Waals surface area contributed by atoms with Crippen molar-refractivity contribution in [1.29, 1.82) is 0 Å². The summed E-state index contributed by atoms with van der Waals surface area (Å²) in [7, 11) is 0. The Kier molecular flexibility index (Phi) is 2.16. The third-order valence-corrected chi connectivity index (χ3v) is 4.68. The van der Waals surface area contributed by atoms with Gasteiger partial charge in [0.15, 0.2) is 0 Å². The highest BCUT2D eigenvalue weighted by molar-refractivity contribution is 5.26. The van der Waals surface area contributed by atoms with E-state index in [9.17, 15) is 0 Å². The zero-order chi connectivity index (χ0) is 9.54. The second kappa shape index (κ2) is 3.37. The van der Waals surface area contributed by atoms with Gasteiger partial charge in [-0.05, 0) is 56.8 Å². The molecule has 0 heterocycles. The van der Waals surface area contributed by atoms with Crippen LogP contribution < -0.4 is 5.73 Å². The molecule has 1 fully saturated rings. The van der Waals surface area contributed by atoms with Crippen molar-refractivity contribution in [3.05, 3.63) is 11.1 Å². The summed E-state index contributed by atoms with van der Waals surface area (Å²) in [6.45, 7) is 0. The summed E-state index contributed by atoms with van der Waals surface area (Å²) in [4.78, 5) is 0. The number of allylic oxidation sites excluding steroid dienone is 1. The summed E-state index contributed by atoms with van der Waals surface area (Å²) in [5, 5.41) is 0. The Morgan fingerprint density at radius 2 is 1.86 bits per heavy atom. The van der Waals surface area contributed by atoms with E-state index in [0.717, 1.165) is 11.8 Å². The molecule has 3 rings (SSSR count). The molecular weight excluding hydrogens is 170 g/mol. The van der Waals surface area contributed by atoms with Crippen LogP contribution in [0.25, 0.3) is 0 Å². The first-order chi connectivity index (χ1) is 6.86. The molecule has 0 amide bonds. The summed E-state index contributed by atoms with van der Waals surface area (Å²) in [6, 6.07) is 0.514. The molecule has 1 heteroatoms. The van der Waals surface area contributed by atoms with Crippen molar-refractivity contribution in [3.63, 3.8) is 0 Å². The van der Waals surface area contributed by atoms with Gasteiger partial charge in [0, 0.05) is 6.04 Å². The molecule has 3 atom stereocenters. The Balaban J connectivity index is 1.95. The lowest BCUT2D eigenvalue weighted by Gasteiger charge is -2.44. The van der Waals surface area contributed by atoms with Crippen molar-refractivity contribution in [3.8, 4) is 0 Å². The summed E-state index contributed by atoms with van der Waals surface area (Å²) >= 11 is 0. The highest BCUT2D eigenvalue weighted by atomic mass is 14.7. The normalized spacial score (nSPS) is 42.2. The van der Waals surface area contributed by atoms with Crippen molar-refractivity contribution in [1.82, 2.24) is 0 Å². The van der Waals surface area contributed by atoms with Gasteiger partial charge in [0.05, 0.1) is 0 Å². The van der Waals surface area contributed by atoms with Gasteiger partial charge in [0.25, 0.3) is 0 Å². The van der Waals surface area contributed by atoms with Crippen LogP contribution in [-0.4, -0.2) is 6.04 Å². The highest BCUT2D eigenvalue weighted by Gasteiger charge is 2.38. The molecule has 0 aliphatic heterocycles. The maximum atomic E-state index is 6.36. The summed E-state index contributed by atoms with van der Waals surface area (Å²) in [5.41, 5.74) is 9.99. The van der Waals surface area contributed by atoms with Gasteiger partial charge in [0.2, 0.25) is 0 Å². The number of rotatable bonds is 0. The molecular formula is C13H21N. The average Bonchev–Trinajstić information content (AvgIpc) is 2.18. The van der Waals surface area contributed by atoms with E-state index in [4.69, 9.17) is 5.73 Å². The van der Waals surface area contributed by atoms with E-state index in [2.05, 4.69) is 0 Å². The molecule has 1 saturated carbocycles. The number of hydrogen-bond acceptors (Lipinski definition) is 1. The van der Waals surface area contributed by atoms with Gasteiger partial charge in [0.1, 0.15) is 0 Å². The predicted octanol–water partition coefficient (Wildman–Crippen LogP) is 3.00. The van der Waals surface area contributed by atoms with Gasteiger partial charge < -0.3 is 5.73 Å². The van der Waals surface area contributed by atoms with Crippen LogP contribution in [0.1, 0.15) is 51.4 Å². The molecule has 2 bridgehead atoms. The highest BCUT2D eigenvalue weighted by Crippen LogP contribution is 2.47. The van der Waals surface area contributed by atoms with Gasteiger partial charge in [-0.3, -0.25) is 0 Å². The Morgan fingerprint density at radius 1 is 1.00 bits per heavy atom. The van der Waals surface area contributed by atoms with E-state index >= 15 is 0 Å². The average molecular weight is 191 g/mol. The minimum absolute atomic E-state index is 0.514. The molecule has 3 aliphatic rings. The van der Waals surface area contributed by atoms with Crippen molar-refractivity contribution < 1.29 is 0 Å². The zero-order valence-corrected chi connectivity index (χ0v) is 8.97. The molecule has 14 heavy (non-hydrogen) atoms. The summed E-state index contributed by atoms with van der Waals surface area (Å²) in [6.07, 6.45) is 11.2. The second-order valence-corrected chi connectivity index (χ2v) is 5.41. The molecule has 0 unspecified atom stereocenters. The van der Waals surface area contributed by atoms with Gasteiger partial charge in [-0.2, -0.15) is 0 Å². The Hall–Kier alpha value is -0.300. The van der Waals surface area contributed by atoms with Crippen LogP contribution in [0.4, 0.5) is 0 Å². The molecule has 0 spiro atoms. The third kappa shape index (κ3) is 1.25. The molecule has 78 valence electrons. The van der Waals surface area contributed by atoms with Gasteiger partial charge >= 0.3 is 0 Å². The Bertz CT molecular complexity index is 266. The fourth-order valence-corrected chi connectivity index (χ4v) is 3.95. The fourth-order valence-electron chi connectivity index (χ4n) is 3.95. The molecule has 0 aromatic heterocycles. The van der Waals surface area contributed by atoms with E-state index in [1.54, 1.807) is 5.57 Å². The number of hydrogen-bond donors (Lipinski definition) is 1. The molecule has 0 aromatic rings. The molecule has 0 radical (unpaired) electrons. The number of nitrogens with two attached hydrogens (primary N) is 1.